The zero-order valence-electron chi connectivity index (χ0n) is 22.6. The normalized spacial score (nSPS) is 15.0. The van der Waals surface area contributed by atoms with Gasteiger partial charge in [0.05, 0.1) is 11.3 Å². The van der Waals surface area contributed by atoms with E-state index in [2.05, 4.69) is 20.9 Å². The lowest BCUT2D eigenvalue weighted by Gasteiger charge is -2.20. The summed E-state index contributed by atoms with van der Waals surface area (Å²) in [5, 5.41) is 27.3. The molecule has 39 heavy (non-hydrogen) atoms. The standard InChI is InChI=1S/C27H34N6O5S/c1-5-33-23(35)21(39-24(33)19(15-28)25(36)37)16-30-17-8-9-18(20(14-17)31-26(38)27(2,3)4)22(34)29-10-13-32-11-6-7-12-32/h8-9,14,16,30H,5-7,10-13H2,1-4H3,(H,29,34)(H,31,38)(H,36,37). The third kappa shape index (κ3) is 7.34. The van der Waals surface area contributed by atoms with Crippen molar-refractivity contribution in [2.75, 3.05) is 36.8 Å². The summed E-state index contributed by atoms with van der Waals surface area (Å²) in [7, 11) is 0. The third-order valence-corrected chi connectivity index (χ3v) is 7.37. The number of aromatic nitrogens is 1. The first kappa shape index (κ1) is 29.6. The number of anilines is 2. The van der Waals surface area contributed by atoms with Crippen LogP contribution in [0.5, 0.6) is 0 Å². The van der Waals surface area contributed by atoms with Crippen molar-refractivity contribution in [3.05, 3.63) is 43.3 Å². The molecule has 0 saturated carbocycles. The fraction of sp³-hybridized carbons (Fsp3) is 0.444. The van der Waals surface area contributed by atoms with E-state index >= 15 is 0 Å². The van der Waals surface area contributed by atoms with E-state index in [0.29, 0.717) is 23.5 Å². The highest BCUT2D eigenvalue weighted by atomic mass is 32.1. The van der Waals surface area contributed by atoms with Gasteiger partial charge in [0.2, 0.25) is 5.91 Å². The molecule has 1 aliphatic rings. The van der Waals surface area contributed by atoms with E-state index in [9.17, 15) is 29.5 Å². The van der Waals surface area contributed by atoms with Gasteiger partial charge in [0.25, 0.3) is 11.5 Å². The smallest absolute Gasteiger partial charge is 0.349 e. The molecule has 4 N–H and O–H groups in total. The lowest BCUT2D eigenvalue weighted by molar-refractivity contribution is -0.130. The van der Waals surface area contributed by atoms with Crippen molar-refractivity contribution < 1.29 is 19.5 Å². The Morgan fingerprint density at radius 1 is 1.21 bits per heavy atom. The van der Waals surface area contributed by atoms with Crippen LogP contribution in [0.15, 0.2) is 23.0 Å². The van der Waals surface area contributed by atoms with Crippen LogP contribution in [0.3, 0.4) is 0 Å². The second-order valence-electron chi connectivity index (χ2n) is 10.2. The number of amides is 2. The summed E-state index contributed by atoms with van der Waals surface area (Å²) in [5.41, 5.74) is -0.526. The van der Waals surface area contributed by atoms with Crippen LogP contribution in [0, 0.1) is 16.7 Å². The van der Waals surface area contributed by atoms with Crippen LogP contribution < -0.4 is 30.7 Å². The molecular formula is C27H34N6O5S. The number of carboxylic acid groups (broad SMARTS) is 1. The van der Waals surface area contributed by atoms with Gasteiger partial charge in [-0.1, -0.05) is 20.8 Å². The van der Waals surface area contributed by atoms with E-state index in [1.165, 1.54) is 23.6 Å². The van der Waals surface area contributed by atoms with E-state index in [0.717, 1.165) is 31.0 Å². The summed E-state index contributed by atoms with van der Waals surface area (Å²) in [6, 6.07) is 6.49. The van der Waals surface area contributed by atoms with Crippen molar-refractivity contribution in [3.8, 4) is 6.07 Å². The summed E-state index contributed by atoms with van der Waals surface area (Å²) in [6.45, 7) is 10.5. The van der Waals surface area contributed by atoms with Crippen LogP contribution in [-0.4, -0.2) is 58.5 Å². The molecule has 2 heterocycles. The Kier molecular flexibility index (Phi) is 9.66. The Hall–Kier alpha value is -3.95. The quantitative estimate of drug-likeness (QED) is 0.362. The summed E-state index contributed by atoms with van der Waals surface area (Å²) >= 11 is 0.891. The molecule has 3 rings (SSSR count). The van der Waals surface area contributed by atoms with Crippen molar-refractivity contribution in [3.63, 3.8) is 0 Å². The van der Waals surface area contributed by atoms with Crippen molar-refractivity contribution in [1.29, 1.82) is 5.26 Å². The van der Waals surface area contributed by atoms with E-state index in [4.69, 9.17) is 0 Å². The van der Waals surface area contributed by atoms with Crippen LogP contribution in [0.2, 0.25) is 0 Å². The number of aliphatic carboxylic acids is 1. The van der Waals surface area contributed by atoms with Crippen molar-refractivity contribution in [1.82, 2.24) is 14.8 Å². The monoisotopic (exact) mass is 554 g/mol. The van der Waals surface area contributed by atoms with E-state index in [-0.39, 0.29) is 27.6 Å². The molecular weight excluding hydrogens is 520 g/mol. The van der Waals surface area contributed by atoms with E-state index in [1.807, 2.05) is 0 Å². The van der Waals surface area contributed by atoms with Crippen LogP contribution in [-0.2, 0) is 16.1 Å². The second kappa shape index (κ2) is 12.7. The van der Waals surface area contributed by atoms with Crippen molar-refractivity contribution in [2.45, 2.75) is 47.1 Å². The van der Waals surface area contributed by atoms with Gasteiger partial charge in [0, 0.05) is 36.9 Å². The summed E-state index contributed by atoms with van der Waals surface area (Å²) in [5.74, 6) is -1.98. The first-order chi connectivity index (χ1) is 18.5. The Morgan fingerprint density at radius 2 is 1.90 bits per heavy atom. The maximum absolute atomic E-state index is 13.0. The summed E-state index contributed by atoms with van der Waals surface area (Å²) in [4.78, 5) is 52.3. The number of nitrogens with one attached hydrogen (secondary N) is 3. The van der Waals surface area contributed by atoms with Gasteiger partial charge < -0.3 is 26.0 Å². The topological polar surface area (TPSA) is 157 Å². The minimum Gasteiger partial charge on any atom is -0.477 e. The molecule has 1 fully saturated rings. The van der Waals surface area contributed by atoms with Crippen LogP contribution in [0.25, 0.3) is 11.8 Å². The minimum absolute atomic E-state index is 0.0598. The number of hydrogen-bond donors (Lipinski definition) is 4. The largest absolute Gasteiger partial charge is 0.477 e. The number of likely N-dealkylation sites (tertiary alicyclic amines) is 1. The number of nitriles is 1. The Morgan fingerprint density at radius 3 is 2.49 bits per heavy atom. The van der Waals surface area contributed by atoms with Crippen molar-refractivity contribution >= 4 is 52.3 Å². The predicted octanol–water partition coefficient (Wildman–Crippen LogP) is 1.35. The molecule has 12 heteroatoms. The van der Waals surface area contributed by atoms with Gasteiger partial charge in [-0.15, -0.1) is 11.3 Å². The molecule has 1 aliphatic heterocycles. The Bertz CT molecular complexity index is 1470. The van der Waals surface area contributed by atoms with Crippen LogP contribution in [0.4, 0.5) is 11.4 Å². The maximum Gasteiger partial charge on any atom is 0.349 e. The first-order valence-corrected chi connectivity index (χ1v) is 13.6. The van der Waals surface area contributed by atoms with Crippen LogP contribution >= 0.6 is 11.3 Å². The fourth-order valence-corrected chi connectivity index (χ4v) is 5.08. The number of rotatable bonds is 9. The van der Waals surface area contributed by atoms with Crippen LogP contribution in [0.1, 0.15) is 50.9 Å². The first-order valence-electron chi connectivity index (χ1n) is 12.8. The van der Waals surface area contributed by atoms with Gasteiger partial charge >= 0.3 is 5.97 Å². The Labute approximate surface area is 230 Å². The van der Waals surface area contributed by atoms with Gasteiger partial charge in [-0.2, -0.15) is 5.26 Å². The van der Waals surface area contributed by atoms with E-state index < -0.39 is 22.5 Å². The Balaban J connectivity index is 1.92. The zero-order chi connectivity index (χ0) is 28.7. The maximum atomic E-state index is 13.0. The number of thiazole rings is 1. The molecule has 0 unspecified atom stereocenters. The van der Waals surface area contributed by atoms with Crippen molar-refractivity contribution in [2.24, 2.45) is 5.41 Å². The molecule has 0 bridgehead atoms. The number of hydrogen-bond acceptors (Lipinski definition) is 8. The molecule has 2 aromatic rings. The number of carbonyl (C=O) groups is 3. The zero-order valence-corrected chi connectivity index (χ0v) is 23.4. The fourth-order valence-electron chi connectivity index (χ4n) is 4.00. The van der Waals surface area contributed by atoms with Gasteiger partial charge in [-0.3, -0.25) is 19.0 Å². The highest BCUT2D eigenvalue weighted by Crippen LogP contribution is 2.24. The number of benzene rings is 1. The average Bonchev–Trinajstić information content (AvgIpc) is 3.50. The average molecular weight is 555 g/mol. The van der Waals surface area contributed by atoms with Gasteiger partial charge in [-0.05, 0) is 51.1 Å². The minimum atomic E-state index is -1.41. The molecule has 208 valence electrons. The molecule has 0 aliphatic carbocycles. The summed E-state index contributed by atoms with van der Waals surface area (Å²) in [6.07, 6.45) is 3.75. The van der Waals surface area contributed by atoms with Gasteiger partial charge in [-0.25, -0.2) is 4.79 Å². The molecule has 11 nitrogen and oxygen atoms in total. The molecule has 0 spiro atoms. The lowest BCUT2D eigenvalue weighted by Crippen LogP contribution is -2.34. The third-order valence-electron chi connectivity index (χ3n) is 6.24. The molecule has 0 radical (unpaired) electrons. The van der Waals surface area contributed by atoms with E-state index in [1.54, 1.807) is 52.0 Å². The second-order valence-corrected chi connectivity index (χ2v) is 11.2. The number of carbonyl (C=O) groups excluding carboxylic acids is 2. The number of nitrogens with zero attached hydrogens (tertiary/aromatic N) is 3. The number of carboxylic acids is 1. The molecule has 0 atom stereocenters. The molecule has 1 aromatic heterocycles. The lowest BCUT2D eigenvalue weighted by atomic mass is 9.95. The highest BCUT2D eigenvalue weighted by molar-refractivity contribution is 7.07. The predicted molar refractivity (Wildman–Crippen MR) is 151 cm³/mol. The SMILES string of the molecule is CCn1c(=C(C#N)C(=O)O)sc(=CNc2ccc(C(=O)NCCN3CCCC3)c(NC(=O)C(C)(C)C)c2)c1=O. The highest BCUT2D eigenvalue weighted by Gasteiger charge is 2.24. The van der Waals surface area contributed by atoms with Gasteiger partial charge in [0.15, 0.2) is 5.57 Å². The molecule has 1 saturated heterocycles. The molecule has 1 aromatic carbocycles. The summed E-state index contributed by atoms with van der Waals surface area (Å²) < 4.78 is 1.49. The molecule has 2 amide bonds. The van der Waals surface area contributed by atoms with Gasteiger partial charge in [0.1, 0.15) is 15.3 Å².